The van der Waals surface area contributed by atoms with Gasteiger partial charge < -0.3 is 30.2 Å². The lowest BCUT2D eigenvalue weighted by Gasteiger charge is -2.25. The summed E-state index contributed by atoms with van der Waals surface area (Å²) < 4.78 is 10.8. The molecule has 4 aromatic rings. The normalized spacial score (nSPS) is 12.8. The van der Waals surface area contributed by atoms with E-state index in [2.05, 4.69) is 20.9 Å². The van der Waals surface area contributed by atoms with Gasteiger partial charge in [0.25, 0.3) is 5.91 Å². The maximum atomic E-state index is 12.9. The Morgan fingerprint density at radius 1 is 0.935 bits per heavy atom. The summed E-state index contributed by atoms with van der Waals surface area (Å²) in [4.78, 5) is 42.0. The van der Waals surface area contributed by atoms with E-state index in [9.17, 15) is 19.5 Å². The zero-order valence-corrected chi connectivity index (χ0v) is 26.5. The lowest BCUT2D eigenvalue weighted by Crippen LogP contribution is -2.42. The van der Waals surface area contributed by atoms with Gasteiger partial charge in [0.2, 0.25) is 11.8 Å². The molecule has 0 radical (unpaired) electrons. The molecule has 11 heteroatoms. The maximum absolute atomic E-state index is 12.9. The van der Waals surface area contributed by atoms with Gasteiger partial charge in [0, 0.05) is 24.5 Å². The monoisotopic (exact) mass is 646 g/mol. The van der Waals surface area contributed by atoms with E-state index in [4.69, 9.17) is 20.8 Å². The van der Waals surface area contributed by atoms with Crippen LogP contribution in [0, 0.1) is 5.92 Å². The smallest absolute Gasteiger partial charge is 0.407 e. The summed E-state index contributed by atoms with van der Waals surface area (Å²) in [7, 11) is 0. The number of rotatable bonds is 16. The highest BCUT2D eigenvalue weighted by molar-refractivity contribution is 6.31. The van der Waals surface area contributed by atoms with Crippen LogP contribution in [0.3, 0.4) is 0 Å². The number of hydrogen-bond acceptors (Lipinski definition) is 7. The number of aromatic nitrogens is 1. The van der Waals surface area contributed by atoms with Crippen LogP contribution in [0.25, 0.3) is 0 Å². The van der Waals surface area contributed by atoms with Gasteiger partial charge in [0.05, 0.1) is 6.54 Å². The van der Waals surface area contributed by atoms with Gasteiger partial charge in [0.1, 0.15) is 12.9 Å². The van der Waals surface area contributed by atoms with Crippen LogP contribution in [-0.2, 0) is 34.7 Å². The molecule has 46 heavy (non-hydrogen) atoms. The molecule has 0 aliphatic heterocycles. The van der Waals surface area contributed by atoms with Crippen molar-refractivity contribution in [1.82, 2.24) is 20.9 Å². The molecule has 0 aliphatic rings. The number of halogens is 1. The minimum absolute atomic E-state index is 0.00469. The minimum Gasteiger partial charge on any atom is -0.445 e. The molecule has 4 N–H and O–H groups in total. The number of nitrogens with zero attached hydrogens (tertiary/aromatic N) is 1. The van der Waals surface area contributed by atoms with E-state index < -0.39 is 17.6 Å². The summed E-state index contributed by atoms with van der Waals surface area (Å²) in [6, 6.07) is 26.1. The number of carbonyl (C=O) groups is 3. The molecule has 1 aromatic heterocycles. The predicted molar refractivity (Wildman–Crippen MR) is 174 cm³/mol. The van der Waals surface area contributed by atoms with Crippen molar-refractivity contribution in [3.05, 3.63) is 124 Å². The third-order valence-corrected chi connectivity index (χ3v) is 7.80. The molecule has 1 heterocycles. The lowest BCUT2D eigenvalue weighted by molar-refractivity contribution is -0.123. The van der Waals surface area contributed by atoms with Crippen LogP contribution in [0.2, 0.25) is 5.02 Å². The summed E-state index contributed by atoms with van der Waals surface area (Å²) in [6.07, 6.45) is 2.06. The largest absolute Gasteiger partial charge is 0.445 e. The summed E-state index contributed by atoms with van der Waals surface area (Å²) in [5.41, 5.74) is 0.940. The molecule has 0 bridgehead atoms. The lowest BCUT2D eigenvalue weighted by atomic mass is 9.94. The third-order valence-electron chi connectivity index (χ3n) is 7.43. The van der Waals surface area contributed by atoms with Crippen molar-refractivity contribution in [2.24, 2.45) is 5.92 Å². The van der Waals surface area contributed by atoms with Crippen LogP contribution in [0.15, 0.2) is 95.6 Å². The summed E-state index contributed by atoms with van der Waals surface area (Å²) >= 11 is 6.19. The number of aryl methyl sites for hydroxylation is 1. The molecule has 3 amide bonds. The molecule has 2 atom stereocenters. The molecule has 0 spiro atoms. The Kier molecular flexibility index (Phi) is 12.7. The predicted octanol–water partition coefficient (Wildman–Crippen LogP) is 5.54. The first kappa shape index (κ1) is 34.2. The molecular weight excluding hydrogens is 608 g/mol. The molecule has 0 saturated carbocycles. The molecule has 3 aromatic carbocycles. The molecule has 2 unspecified atom stereocenters. The summed E-state index contributed by atoms with van der Waals surface area (Å²) in [5.74, 6) is -0.892. The average Bonchev–Trinajstić information content (AvgIpc) is 3.58. The van der Waals surface area contributed by atoms with Gasteiger partial charge in [0.15, 0.2) is 11.3 Å². The van der Waals surface area contributed by atoms with Crippen molar-refractivity contribution in [2.45, 2.75) is 51.4 Å². The summed E-state index contributed by atoms with van der Waals surface area (Å²) in [6.45, 7) is 2.45. The SMILES string of the molecule is CC(CCNC(=O)OCc1ccccc1)CC(=O)NCC(O)(CCc1ccccc1)c1nc(C(=O)NCc2ccccc2Cl)co1. The van der Waals surface area contributed by atoms with E-state index in [0.717, 1.165) is 16.7 Å². The van der Waals surface area contributed by atoms with Crippen molar-refractivity contribution < 1.29 is 28.6 Å². The fourth-order valence-electron chi connectivity index (χ4n) is 4.70. The molecule has 0 fully saturated rings. The van der Waals surface area contributed by atoms with Crippen LogP contribution in [0.4, 0.5) is 4.79 Å². The fraction of sp³-hybridized carbons (Fsp3) is 0.314. The molecule has 10 nitrogen and oxygen atoms in total. The van der Waals surface area contributed by atoms with E-state index in [0.29, 0.717) is 24.4 Å². The fourth-order valence-corrected chi connectivity index (χ4v) is 4.90. The van der Waals surface area contributed by atoms with Crippen molar-refractivity contribution in [3.8, 4) is 0 Å². The standard InChI is InChI=1S/C35H39ClN4O6/c1-25(17-19-37-34(43)46-22-27-12-6-3-7-13-27)20-31(41)39-24-35(44,18-16-26-10-4-2-5-11-26)33-40-30(23-45-33)32(42)38-21-28-14-8-9-15-29(28)36/h2-15,23,25,44H,16-22,24H2,1H3,(H,37,43)(H,38,42)(H,39,41). The Balaban J connectivity index is 1.29. The van der Waals surface area contributed by atoms with E-state index in [1.54, 1.807) is 18.2 Å². The van der Waals surface area contributed by atoms with Crippen LogP contribution in [-0.4, -0.2) is 41.1 Å². The molecule has 0 aliphatic carbocycles. The number of benzene rings is 3. The van der Waals surface area contributed by atoms with Crippen molar-refractivity contribution >= 4 is 29.5 Å². The van der Waals surface area contributed by atoms with E-state index in [1.807, 2.05) is 73.7 Å². The van der Waals surface area contributed by atoms with Gasteiger partial charge in [-0.1, -0.05) is 97.4 Å². The maximum Gasteiger partial charge on any atom is 0.407 e. The Bertz CT molecular complexity index is 1570. The van der Waals surface area contributed by atoms with Crippen LogP contribution in [0.1, 0.15) is 59.3 Å². The first-order valence-electron chi connectivity index (χ1n) is 15.2. The van der Waals surface area contributed by atoms with E-state index in [1.165, 1.54) is 6.26 Å². The van der Waals surface area contributed by atoms with Gasteiger partial charge in [-0.25, -0.2) is 9.78 Å². The Morgan fingerprint density at radius 3 is 2.33 bits per heavy atom. The number of alkyl carbamates (subject to hydrolysis) is 1. The second-order valence-electron chi connectivity index (χ2n) is 11.2. The van der Waals surface area contributed by atoms with Gasteiger partial charge in [-0.3, -0.25) is 9.59 Å². The molecule has 0 saturated heterocycles. The van der Waals surface area contributed by atoms with E-state index >= 15 is 0 Å². The van der Waals surface area contributed by atoms with Gasteiger partial charge in [-0.2, -0.15) is 0 Å². The quantitative estimate of drug-likeness (QED) is 0.125. The van der Waals surface area contributed by atoms with Crippen molar-refractivity contribution in [1.29, 1.82) is 0 Å². The highest BCUT2D eigenvalue weighted by atomic mass is 35.5. The number of carbonyl (C=O) groups excluding carboxylic acids is 3. The first-order chi connectivity index (χ1) is 22.2. The Labute approximate surface area is 273 Å². The molecule has 242 valence electrons. The van der Waals surface area contributed by atoms with Crippen LogP contribution >= 0.6 is 11.6 Å². The zero-order chi connectivity index (χ0) is 32.8. The highest BCUT2D eigenvalue weighted by Crippen LogP contribution is 2.26. The van der Waals surface area contributed by atoms with Crippen molar-refractivity contribution in [2.75, 3.05) is 13.1 Å². The number of nitrogens with one attached hydrogen (secondary N) is 3. The average molecular weight is 647 g/mol. The number of hydrogen-bond donors (Lipinski definition) is 4. The molecule has 4 rings (SSSR count). The van der Waals surface area contributed by atoms with E-state index in [-0.39, 0.29) is 55.9 Å². The Morgan fingerprint density at radius 2 is 1.61 bits per heavy atom. The van der Waals surface area contributed by atoms with Crippen molar-refractivity contribution in [3.63, 3.8) is 0 Å². The Hall–Kier alpha value is -4.67. The van der Waals surface area contributed by atoms with Gasteiger partial charge in [-0.15, -0.1) is 0 Å². The number of ether oxygens (including phenoxy) is 1. The number of oxazole rings is 1. The van der Waals surface area contributed by atoms with Gasteiger partial charge >= 0.3 is 6.09 Å². The first-order valence-corrected chi connectivity index (χ1v) is 15.5. The second-order valence-corrected chi connectivity index (χ2v) is 11.6. The topological polar surface area (TPSA) is 143 Å². The second kappa shape index (κ2) is 17.1. The summed E-state index contributed by atoms with van der Waals surface area (Å²) in [5, 5.41) is 20.5. The molecular formula is C35H39ClN4O6. The third kappa shape index (κ3) is 10.7. The van der Waals surface area contributed by atoms with Crippen LogP contribution < -0.4 is 16.0 Å². The number of amides is 3. The minimum atomic E-state index is -1.68. The highest BCUT2D eigenvalue weighted by Gasteiger charge is 2.36. The number of aliphatic hydroxyl groups is 1. The van der Waals surface area contributed by atoms with Gasteiger partial charge in [-0.05, 0) is 47.9 Å². The zero-order valence-electron chi connectivity index (χ0n) is 25.7. The van der Waals surface area contributed by atoms with Crippen LogP contribution in [0.5, 0.6) is 0 Å².